The van der Waals surface area contributed by atoms with Crippen LogP contribution in [0.1, 0.15) is 22.3 Å². The van der Waals surface area contributed by atoms with E-state index in [9.17, 15) is 8.42 Å². The maximum Gasteiger partial charge on any atom is 0.225 e. The fourth-order valence-corrected chi connectivity index (χ4v) is 3.67. The molecule has 0 spiro atoms. The lowest BCUT2D eigenvalue weighted by Crippen LogP contribution is -2.08. The number of hydrogen-bond donors (Lipinski definition) is 1. The highest BCUT2D eigenvalue weighted by molar-refractivity contribution is 7.91. The van der Waals surface area contributed by atoms with Gasteiger partial charge in [-0.1, -0.05) is 35.9 Å². The molecule has 1 N–H and O–H groups in total. The van der Waals surface area contributed by atoms with Crippen LogP contribution in [0, 0.1) is 20.8 Å². The molecule has 0 bridgehead atoms. The molecular formula is C20H21N3O2S. The van der Waals surface area contributed by atoms with Gasteiger partial charge in [-0.2, -0.15) is 0 Å². The number of aryl methyl sites for hydroxylation is 3. The molecular weight excluding hydrogens is 346 g/mol. The monoisotopic (exact) mass is 367 g/mol. The van der Waals surface area contributed by atoms with Crippen molar-refractivity contribution in [1.29, 1.82) is 0 Å². The Bertz CT molecular complexity index is 1010. The zero-order valence-corrected chi connectivity index (χ0v) is 15.8. The summed E-state index contributed by atoms with van der Waals surface area (Å²) in [7, 11) is -3.67. The van der Waals surface area contributed by atoms with E-state index in [1.807, 2.05) is 45.0 Å². The van der Waals surface area contributed by atoms with Crippen molar-refractivity contribution in [3.8, 4) is 0 Å². The van der Waals surface area contributed by atoms with Crippen molar-refractivity contribution >= 4 is 15.7 Å². The molecule has 3 rings (SSSR count). The number of sulfone groups is 1. The highest BCUT2D eigenvalue weighted by Crippen LogP contribution is 2.21. The van der Waals surface area contributed by atoms with Gasteiger partial charge in [-0.3, -0.25) is 0 Å². The quantitative estimate of drug-likeness (QED) is 0.742. The van der Waals surface area contributed by atoms with E-state index in [0.29, 0.717) is 12.4 Å². The summed E-state index contributed by atoms with van der Waals surface area (Å²) in [6.45, 7) is 6.47. The maximum absolute atomic E-state index is 12.7. The Kier molecular flexibility index (Phi) is 5.04. The van der Waals surface area contributed by atoms with Gasteiger partial charge in [0.15, 0.2) is 5.03 Å². The first-order chi connectivity index (χ1) is 12.4. The largest absolute Gasteiger partial charge is 0.365 e. The third-order valence-corrected chi connectivity index (χ3v) is 5.94. The Morgan fingerprint density at radius 2 is 1.58 bits per heavy atom. The van der Waals surface area contributed by atoms with E-state index in [1.54, 1.807) is 24.3 Å². The number of aromatic nitrogens is 2. The van der Waals surface area contributed by atoms with Crippen LogP contribution in [0.5, 0.6) is 0 Å². The van der Waals surface area contributed by atoms with Crippen molar-refractivity contribution in [1.82, 2.24) is 10.2 Å². The van der Waals surface area contributed by atoms with Gasteiger partial charge in [-0.15, -0.1) is 10.2 Å². The summed E-state index contributed by atoms with van der Waals surface area (Å²) in [4.78, 5) is 0.232. The normalized spacial score (nSPS) is 11.3. The standard InChI is InChI=1S/C20H21N3O2S/c1-14-4-7-17(8-5-14)13-21-19-10-11-20(23-22-19)26(24,25)18-9-6-15(2)16(3)12-18/h4-12H,13H2,1-3H3,(H,21,22). The molecule has 1 aromatic heterocycles. The fraction of sp³-hybridized carbons (Fsp3) is 0.200. The van der Waals surface area contributed by atoms with Crippen LogP contribution in [0.2, 0.25) is 0 Å². The third-order valence-electron chi connectivity index (χ3n) is 4.30. The van der Waals surface area contributed by atoms with Crippen LogP contribution in [-0.2, 0) is 16.4 Å². The summed E-state index contributed by atoms with van der Waals surface area (Å²) in [6.07, 6.45) is 0. The molecule has 134 valence electrons. The second-order valence-electron chi connectivity index (χ2n) is 6.35. The summed E-state index contributed by atoms with van der Waals surface area (Å²) in [5.74, 6) is 0.532. The van der Waals surface area contributed by atoms with E-state index in [4.69, 9.17) is 0 Å². The van der Waals surface area contributed by atoms with E-state index < -0.39 is 9.84 Å². The van der Waals surface area contributed by atoms with Crippen LogP contribution in [-0.4, -0.2) is 18.6 Å². The Hall–Kier alpha value is -2.73. The van der Waals surface area contributed by atoms with E-state index in [1.165, 1.54) is 11.6 Å². The lowest BCUT2D eigenvalue weighted by molar-refractivity contribution is 0.590. The van der Waals surface area contributed by atoms with Gasteiger partial charge in [0.05, 0.1) is 4.90 Å². The van der Waals surface area contributed by atoms with Crippen LogP contribution in [0.15, 0.2) is 64.5 Å². The SMILES string of the molecule is Cc1ccc(CNc2ccc(S(=O)(=O)c3ccc(C)c(C)c3)nn2)cc1. The van der Waals surface area contributed by atoms with Crippen LogP contribution < -0.4 is 5.32 Å². The van der Waals surface area contributed by atoms with Crippen LogP contribution in [0.4, 0.5) is 5.82 Å². The number of hydrogen-bond acceptors (Lipinski definition) is 5. The third kappa shape index (κ3) is 3.91. The Morgan fingerprint density at radius 1 is 0.846 bits per heavy atom. The molecule has 1 heterocycles. The summed E-state index contributed by atoms with van der Waals surface area (Å²) in [5, 5.41) is 11.0. The van der Waals surface area contributed by atoms with Crippen molar-refractivity contribution in [2.24, 2.45) is 0 Å². The van der Waals surface area contributed by atoms with Crippen molar-refractivity contribution < 1.29 is 8.42 Å². The minimum absolute atomic E-state index is 0.0540. The van der Waals surface area contributed by atoms with Gasteiger partial charge in [-0.25, -0.2) is 8.42 Å². The average molecular weight is 367 g/mol. The van der Waals surface area contributed by atoms with Crippen LogP contribution in [0.25, 0.3) is 0 Å². The molecule has 26 heavy (non-hydrogen) atoms. The van der Waals surface area contributed by atoms with Crippen molar-refractivity contribution in [3.05, 3.63) is 76.9 Å². The van der Waals surface area contributed by atoms with Crippen molar-refractivity contribution in [2.45, 2.75) is 37.2 Å². The molecule has 0 amide bonds. The fourth-order valence-electron chi connectivity index (χ4n) is 2.46. The van der Waals surface area contributed by atoms with Gasteiger partial charge in [0.1, 0.15) is 5.82 Å². The van der Waals surface area contributed by atoms with Gasteiger partial charge in [0.25, 0.3) is 0 Å². The second kappa shape index (κ2) is 7.25. The molecule has 0 saturated carbocycles. The predicted octanol–water partition coefficient (Wildman–Crippen LogP) is 3.85. The smallest absolute Gasteiger partial charge is 0.225 e. The molecule has 0 aliphatic rings. The van der Waals surface area contributed by atoms with E-state index in [-0.39, 0.29) is 9.92 Å². The molecule has 5 nitrogen and oxygen atoms in total. The van der Waals surface area contributed by atoms with Crippen LogP contribution in [0.3, 0.4) is 0 Å². The summed E-state index contributed by atoms with van der Waals surface area (Å²) >= 11 is 0. The van der Waals surface area contributed by atoms with E-state index in [2.05, 4.69) is 15.5 Å². The molecule has 2 aromatic carbocycles. The minimum atomic E-state index is -3.67. The zero-order chi connectivity index (χ0) is 18.7. The number of anilines is 1. The lowest BCUT2D eigenvalue weighted by atomic mass is 10.1. The molecule has 6 heteroatoms. The van der Waals surface area contributed by atoms with Gasteiger partial charge >= 0.3 is 0 Å². The maximum atomic E-state index is 12.7. The van der Waals surface area contributed by atoms with Gasteiger partial charge in [-0.05, 0) is 61.7 Å². The molecule has 3 aromatic rings. The zero-order valence-electron chi connectivity index (χ0n) is 15.0. The summed E-state index contributed by atoms with van der Waals surface area (Å²) in [5.41, 5.74) is 4.29. The lowest BCUT2D eigenvalue weighted by Gasteiger charge is -2.08. The summed E-state index contributed by atoms with van der Waals surface area (Å²) < 4.78 is 25.4. The number of rotatable bonds is 5. The molecule has 0 aliphatic carbocycles. The topological polar surface area (TPSA) is 72.0 Å². The molecule has 0 aliphatic heterocycles. The number of nitrogens with one attached hydrogen (secondary N) is 1. The first kappa shape index (κ1) is 18.1. The molecule has 0 radical (unpaired) electrons. The van der Waals surface area contributed by atoms with Crippen molar-refractivity contribution in [3.63, 3.8) is 0 Å². The molecule has 0 unspecified atom stereocenters. The van der Waals surface area contributed by atoms with Crippen molar-refractivity contribution in [2.75, 3.05) is 5.32 Å². The minimum Gasteiger partial charge on any atom is -0.365 e. The molecule has 0 atom stereocenters. The Balaban J connectivity index is 1.75. The number of nitrogens with zero attached hydrogens (tertiary/aromatic N) is 2. The Morgan fingerprint density at radius 3 is 2.19 bits per heavy atom. The first-order valence-electron chi connectivity index (χ1n) is 8.32. The molecule has 0 saturated heterocycles. The number of benzene rings is 2. The van der Waals surface area contributed by atoms with Gasteiger partial charge in [0, 0.05) is 6.54 Å². The summed E-state index contributed by atoms with van der Waals surface area (Å²) in [6, 6.07) is 16.3. The van der Waals surface area contributed by atoms with Gasteiger partial charge in [0.2, 0.25) is 9.84 Å². The average Bonchev–Trinajstić information content (AvgIpc) is 2.64. The molecule has 0 fully saturated rings. The first-order valence-corrected chi connectivity index (χ1v) is 9.80. The second-order valence-corrected chi connectivity index (χ2v) is 8.24. The highest BCUT2D eigenvalue weighted by atomic mass is 32.2. The van der Waals surface area contributed by atoms with E-state index in [0.717, 1.165) is 16.7 Å². The van der Waals surface area contributed by atoms with E-state index >= 15 is 0 Å². The Labute approximate surface area is 154 Å². The predicted molar refractivity (Wildman–Crippen MR) is 102 cm³/mol. The van der Waals surface area contributed by atoms with Gasteiger partial charge < -0.3 is 5.32 Å². The highest BCUT2D eigenvalue weighted by Gasteiger charge is 2.20. The van der Waals surface area contributed by atoms with Crippen LogP contribution >= 0.6 is 0 Å².